The van der Waals surface area contributed by atoms with Crippen LogP contribution < -0.4 is 10.6 Å². The first-order valence-electron chi connectivity index (χ1n) is 8.08. The highest BCUT2D eigenvalue weighted by Crippen LogP contribution is 2.45. The van der Waals surface area contributed by atoms with Crippen LogP contribution in [0.1, 0.15) is 68.5 Å². The van der Waals surface area contributed by atoms with E-state index < -0.39 is 0 Å². The van der Waals surface area contributed by atoms with Crippen molar-refractivity contribution < 1.29 is 0 Å². The molecule has 1 aliphatic heterocycles. The van der Waals surface area contributed by atoms with Crippen molar-refractivity contribution in [1.82, 2.24) is 4.98 Å². The van der Waals surface area contributed by atoms with E-state index in [9.17, 15) is 0 Å². The summed E-state index contributed by atoms with van der Waals surface area (Å²) in [5.74, 6) is 0. The van der Waals surface area contributed by atoms with E-state index in [2.05, 4.69) is 18.7 Å². The SMILES string of the molecule is Cc1nc(N2CCC3(CCCCC3)CC2)sc1C(C)N. The van der Waals surface area contributed by atoms with Crippen LogP contribution in [-0.2, 0) is 0 Å². The molecule has 1 unspecified atom stereocenters. The van der Waals surface area contributed by atoms with Gasteiger partial charge in [0, 0.05) is 24.0 Å². The van der Waals surface area contributed by atoms with Crippen molar-refractivity contribution in [3.8, 4) is 0 Å². The summed E-state index contributed by atoms with van der Waals surface area (Å²) in [5.41, 5.74) is 7.82. The smallest absolute Gasteiger partial charge is 0.185 e. The Morgan fingerprint density at radius 2 is 1.80 bits per heavy atom. The lowest BCUT2D eigenvalue weighted by Gasteiger charge is -2.44. The number of hydrogen-bond acceptors (Lipinski definition) is 4. The summed E-state index contributed by atoms with van der Waals surface area (Å²) in [7, 11) is 0. The van der Waals surface area contributed by atoms with Gasteiger partial charge in [0.15, 0.2) is 5.13 Å². The van der Waals surface area contributed by atoms with Gasteiger partial charge in [-0.2, -0.15) is 0 Å². The molecule has 1 saturated carbocycles. The first kappa shape index (κ1) is 14.3. The van der Waals surface area contributed by atoms with Gasteiger partial charge < -0.3 is 10.6 Å². The zero-order valence-corrected chi connectivity index (χ0v) is 13.6. The normalized spacial score (nSPS) is 24.1. The number of nitrogens with zero attached hydrogens (tertiary/aromatic N) is 2. The third-order valence-corrected chi connectivity index (χ3v) is 6.66. The molecule has 1 aliphatic carbocycles. The van der Waals surface area contributed by atoms with Crippen LogP contribution in [0.25, 0.3) is 0 Å². The number of hydrogen-bond donors (Lipinski definition) is 1. The zero-order valence-electron chi connectivity index (χ0n) is 12.8. The molecule has 3 nitrogen and oxygen atoms in total. The van der Waals surface area contributed by atoms with E-state index in [1.54, 1.807) is 11.3 Å². The quantitative estimate of drug-likeness (QED) is 0.895. The van der Waals surface area contributed by atoms with Crippen molar-refractivity contribution in [2.75, 3.05) is 18.0 Å². The molecule has 1 aromatic rings. The minimum Gasteiger partial charge on any atom is -0.348 e. The Morgan fingerprint density at radius 1 is 1.15 bits per heavy atom. The fourth-order valence-corrected chi connectivity index (χ4v) is 5.00. The molecule has 112 valence electrons. The molecule has 1 atom stereocenters. The Hall–Kier alpha value is -0.610. The Bertz CT molecular complexity index is 450. The summed E-state index contributed by atoms with van der Waals surface area (Å²) >= 11 is 1.80. The van der Waals surface area contributed by atoms with Gasteiger partial charge in [0.25, 0.3) is 0 Å². The molecule has 2 N–H and O–H groups in total. The number of thiazole rings is 1. The monoisotopic (exact) mass is 293 g/mol. The lowest BCUT2D eigenvalue weighted by molar-refractivity contribution is 0.144. The number of rotatable bonds is 2. The number of aromatic nitrogens is 1. The van der Waals surface area contributed by atoms with Crippen molar-refractivity contribution in [1.29, 1.82) is 0 Å². The van der Waals surface area contributed by atoms with E-state index in [4.69, 9.17) is 10.7 Å². The van der Waals surface area contributed by atoms with E-state index in [0.717, 1.165) is 5.69 Å². The number of anilines is 1. The average Bonchev–Trinajstić information content (AvgIpc) is 2.83. The highest BCUT2D eigenvalue weighted by Gasteiger charge is 2.36. The molecular weight excluding hydrogens is 266 g/mol. The number of nitrogens with two attached hydrogens (primary N) is 1. The number of aryl methyl sites for hydroxylation is 1. The van der Waals surface area contributed by atoms with Gasteiger partial charge in [-0.15, -0.1) is 11.3 Å². The molecule has 1 spiro atoms. The largest absolute Gasteiger partial charge is 0.348 e. The molecular formula is C16H27N3S. The summed E-state index contributed by atoms with van der Waals surface area (Å²) in [6.45, 7) is 6.51. The van der Waals surface area contributed by atoms with Crippen LogP contribution in [0.15, 0.2) is 0 Å². The summed E-state index contributed by atoms with van der Waals surface area (Å²) in [6.07, 6.45) is 10.00. The van der Waals surface area contributed by atoms with E-state index in [-0.39, 0.29) is 6.04 Å². The van der Waals surface area contributed by atoms with Gasteiger partial charge in [-0.25, -0.2) is 4.98 Å². The van der Waals surface area contributed by atoms with Crippen molar-refractivity contribution in [3.05, 3.63) is 10.6 Å². The van der Waals surface area contributed by atoms with Crippen LogP contribution in [0.5, 0.6) is 0 Å². The fourth-order valence-electron chi connectivity index (χ4n) is 3.93. The first-order chi connectivity index (χ1) is 9.60. The van der Waals surface area contributed by atoms with E-state index in [1.807, 2.05) is 0 Å². The molecule has 0 aromatic carbocycles. The molecule has 2 aliphatic rings. The summed E-state index contributed by atoms with van der Waals surface area (Å²) in [4.78, 5) is 8.49. The molecule has 1 saturated heterocycles. The Labute approximate surface area is 126 Å². The minimum absolute atomic E-state index is 0.107. The molecule has 2 heterocycles. The van der Waals surface area contributed by atoms with E-state index in [1.165, 1.54) is 68.0 Å². The topological polar surface area (TPSA) is 42.2 Å². The molecule has 20 heavy (non-hydrogen) atoms. The summed E-state index contributed by atoms with van der Waals surface area (Å²) in [5, 5.41) is 1.19. The third-order valence-electron chi connectivity index (χ3n) is 5.24. The Morgan fingerprint density at radius 3 is 2.35 bits per heavy atom. The molecule has 2 fully saturated rings. The molecule has 0 amide bonds. The zero-order chi connectivity index (χ0) is 14.2. The summed E-state index contributed by atoms with van der Waals surface area (Å²) < 4.78 is 0. The maximum Gasteiger partial charge on any atom is 0.185 e. The molecule has 0 radical (unpaired) electrons. The van der Waals surface area contributed by atoms with Gasteiger partial charge >= 0.3 is 0 Å². The van der Waals surface area contributed by atoms with Gasteiger partial charge in [0.1, 0.15) is 0 Å². The second-order valence-electron chi connectivity index (χ2n) is 6.78. The minimum atomic E-state index is 0.107. The second kappa shape index (κ2) is 5.64. The lowest BCUT2D eigenvalue weighted by atomic mass is 9.68. The van der Waals surface area contributed by atoms with Crippen LogP contribution in [0.4, 0.5) is 5.13 Å². The van der Waals surface area contributed by atoms with E-state index >= 15 is 0 Å². The maximum absolute atomic E-state index is 6.02. The van der Waals surface area contributed by atoms with Gasteiger partial charge in [-0.05, 0) is 44.9 Å². The highest BCUT2D eigenvalue weighted by molar-refractivity contribution is 7.15. The summed E-state index contributed by atoms with van der Waals surface area (Å²) in [6, 6.07) is 0.107. The first-order valence-corrected chi connectivity index (χ1v) is 8.89. The molecule has 0 bridgehead atoms. The fraction of sp³-hybridized carbons (Fsp3) is 0.812. The second-order valence-corrected chi connectivity index (χ2v) is 7.79. The molecule has 3 rings (SSSR count). The molecule has 1 aromatic heterocycles. The molecule has 4 heteroatoms. The van der Waals surface area contributed by atoms with Crippen LogP contribution in [-0.4, -0.2) is 18.1 Å². The third kappa shape index (κ3) is 2.73. The van der Waals surface area contributed by atoms with Gasteiger partial charge in [0.2, 0.25) is 0 Å². The van der Waals surface area contributed by atoms with E-state index in [0.29, 0.717) is 5.41 Å². The van der Waals surface area contributed by atoms with Crippen LogP contribution in [0.2, 0.25) is 0 Å². The van der Waals surface area contributed by atoms with Crippen molar-refractivity contribution in [2.45, 2.75) is 64.8 Å². The highest BCUT2D eigenvalue weighted by atomic mass is 32.1. The van der Waals surface area contributed by atoms with Gasteiger partial charge in [-0.1, -0.05) is 19.3 Å². The van der Waals surface area contributed by atoms with Gasteiger partial charge in [-0.3, -0.25) is 0 Å². The van der Waals surface area contributed by atoms with Crippen molar-refractivity contribution in [3.63, 3.8) is 0 Å². The number of piperidine rings is 1. The predicted molar refractivity (Wildman–Crippen MR) is 86.4 cm³/mol. The lowest BCUT2D eigenvalue weighted by Crippen LogP contribution is -2.41. The predicted octanol–water partition coefficient (Wildman–Crippen LogP) is 4.02. The van der Waals surface area contributed by atoms with Crippen LogP contribution in [0.3, 0.4) is 0 Å². The van der Waals surface area contributed by atoms with Crippen molar-refractivity contribution >= 4 is 16.5 Å². The average molecular weight is 293 g/mol. The Balaban J connectivity index is 1.67. The van der Waals surface area contributed by atoms with Gasteiger partial charge in [0.05, 0.1) is 5.69 Å². The van der Waals surface area contributed by atoms with Crippen molar-refractivity contribution in [2.24, 2.45) is 11.1 Å². The maximum atomic E-state index is 6.02. The van der Waals surface area contributed by atoms with Crippen LogP contribution >= 0.6 is 11.3 Å². The standard InChI is InChI=1S/C16H27N3S/c1-12(17)14-13(2)18-15(20-14)19-10-8-16(9-11-19)6-4-3-5-7-16/h12H,3-11,17H2,1-2H3. The Kier molecular flexibility index (Phi) is 4.04. The van der Waals surface area contributed by atoms with Crippen LogP contribution in [0, 0.1) is 12.3 Å².